The fourth-order valence-electron chi connectivity index (χ4n) is 2.06. The molecule has 1 fully saturated rings. The Hall–Kier alpha value is -1.33. The van der Waals surface area contributed by atoms with Crippen LogP contribution in [0.25, 0.3) is 0 Å². The smallest absolute Gasteiger partial charge is 0.183 e. The van der Waals surface area contributed by atoms with Gasteiger partial charge in [0.05, 0.1) is 11.3 Å². The molecule has 2 rings (SSSR count). The normalized spacial score (nSPS) is 19.7. The molecule has 0 bridgehead atoms. The van der Waals surface area contributed by atoms with Gasteiger partial charge in [0.2, 0.25) is 0 Å². The Labute approximate surface area is 120 Å². The van der Waals surface area contributed by atoms with Crippen LogP contribution in [0.4, 0.5) is 14.5 Å². The fraction of sp³-hybridized carbons (Fsp3) is 0.417. The van der Waals surface area contributed by atoms with Crippen LogP contribution in [0.5, 0.6) is 0 Å². The van der Waals surface area contributed by atoms with E-state index in [4.69, 9.17) is 5.26 Å². The van der Waals surface area contributed by atoms with E-state index in [0.717, 1.165) is 12.3 Å². The second-order valence-electron chi connectivity index (χ2n) is 4.42. The summed E-state index contributed by atoms with van der Waals surface area (Å²) in [6.07, 6.45) is 1.08. The van der Waals surface area contributed by atoms with Crippen molar-refractivity contribution in [2.75, 3.05) is 29.2 Å². The van der Waals surface area contributed by atoms with Crippen LogP contribution < -0.4 is 4.90 Å². The predicted molar refractivity (Wildman–Crippen MR) is 74.4 cm³/mol. The molecular formula is C12H12F2N2O2S2. The van der Waals surface area contributed by atoms with Crippen molar-refractivity contribution in [2.24, 2.45) is 0 Å². The van der Waals surface area contributed by atoms with Gasteiger partial charge in [0.15, 0.2) is 21.5 Å². The zero-order chi connectivity index (χ0) is 14.9. The average molecular weight is 318 g/mol. The molecule has 1 aromatic carbocycles. The van der Waals surface area contributed by atoms with Crippen LogP contribution in [0.15, 0.2) is 12.1 Å². The number of hydrogen-bond acceptors (Lipinski definition) is 5. The average Bonchev–Trinajstić information content (AvgIpc) is 2.41. The minimum atomic E-state index is -3.42. The molecule has 1 atom stereocenters. The number of benzene rings is 1. The lowest BCUT2D eigenvalue weighted by Crippen LogP contribution is -2.47. The van der Waals surface area contributed by atoms with Crippen molar-refractivity contribution in [3.05, 3.63) is 29.3 Å². The SMILES string of the molecule is CS(=O)(=O)C1CSCCN1c1ccc(C#N)c(F)c1F. The van der Waals surface area contributed by atoms with E-state index in [1.807, 2.05) is 0 Å². The van der Waals surface area contributed by atoms with E-state index in [2.05, 4.69) is 0 Å². The van der Waals surface area contributed by atoms with Gasteiger partial charge in [-0.05, 0) is 12.1 Å². The number of nitriles is 1. The Morgan fingerprint density at radius 1 is 1.40 bits per heavy atom. The molecule has 0 spiro atoms. The molecule has 1 aliphatic heterocycles. The first-order chi connectivity index (χ1) is 9.36. The van der Waals surface area contributed by atoms with Crippen LogP contribution in [0.2, 0.25) is 0 Å². The van der Waals surface area contributed by atoms with Crippen molar-refractivity contribution in [1.29, 1.82) is 5.26 Å². The van der Waals surface area contributed by atoms with E-state index in [1.165, 1.54) is 22.7 Å². The Balaban J connectivity index is 2.49. The summed E-state index contributed by atoms with van der Waals surface area (Å²) in [6.45, 7) is 0.310. The zero-order valence-corrected chi connectivity index (χ0v) is 12.3. The zero-order valence-electron chi connectivity index (χ0n) is 10.6. The highest BCUT2D eigenvalue weighted by Gasteiger charge is 2.33. The van der Waals surface area contributed by atoms with E-state index >= 15 is 0 Å². The Morgan fingerprint density at radius 3 is 2.70 bits per heavy atom. The Bertz CT molecular complexity index is 671. The molecule has 1 aromatic rings. The fourth-order valence-corrected chi connectivity index (χ4v) is 4.89. The van der Waals surface area contributed by atoms with Crippen LogP contribution in [0, 0.1) is 23.0 Å². The molecule has 1 unspecified atom stereocenters. The second kappa shape index (κ2) is 5.58. The predicted octanol–water partition coefficient (Wildman–Crippen LogP) is 1.76. The number of halogens is 2. The largest absolute Gasteiger partial charge is 0.351 e. The maximum absolute atomic E-state index is 14.0. The van der Waals surface area contributed by atoms with Crippen LogP contribution >= 0.6 is 11.8 Å². The maximum Gasteiger partial charge on any atom is 0.183 e. The first-order valence-electron chi connectivity index (χ1n) is 5.77. The van der Waals surface area contributed by atoms with Gasteiger partial charge in [-0.1, -0.05) is 0 Å². The number of anilines is 1. The molecule has 20 heavy (non-hydrogen) atoms. The molecule has 4 nitrogen and oxygen atoms in total. The topological polar surface area (TPSA) is 61.2 Å². The summed E-state index contributed by atoms with van der Waals surface area (Å²) in [5.74, 6) is -1.48. The molecule has 8 heteroatoms. The van der Waals surface area contributed by atoms with Crippen molar-refractivity contribution in [3.8, 4) is 6.07 Å². The number of hydrogen-bond donors (Lipinski definition) is 0. The standard InChI is InChI=1S/C12H12F2N2O2S2/c1-20(17,18)10-7-19-5-4-16(10)9-3-2-8(6-15)11(13)12(9)14/h2-3,10H,4-5,7H2,1H3. The molecular weight excluding hydrogens is 306 g/mol. The van der Waals surface area contributed by atoms with Gasteiger partial charge < -0.3 is 4.90 Å². The van der Waals surface area contributed by atoms with Crippen LogP contribution in [0.1, 0.15) is 5.56 Å². The van der Waals surface area contributed by atoms with Crippen molar-refractivity contribution < 1.29 is 17.2 Å². The van der Waals surface area contributed by atoms with Gasteiger partial charge in [0, 0.05) is 24.3 Å². The summed E-state index contributed by atoms with van der Waals surface area (Å²) in [6, 6.07) is 3.97. The van der Waals surface area contributed by atoms with Crippen molar-refractivity contribution in [1.82, 2.24) is 0 Å². The van der Waals surface area contributed by atoms with Crippen molar-refractivity contribution in [2.45, 2.75) is 5.37 Å². The maximum atomic E-state index is 14.0. The van der Waals surface area contributed by atoms with Gasteiger partial charge in [-0.25, -0.2) is 17.2 Å². The lowest BCUT2D eigenvalue weighted by molar-refractivity contribution is 0.502. The molecule has 108 valence electrons. The number of thioether (sulfide) groups is 1. The van der Waals surface area contributed by atoms with Crippen LogP contribution in [-0.4, -0.2) is 38.1 Å². The molecule has 0 amide bonds. The highest BCUT2D eigenvalue weighted by atomic mass is 32.2. The molecule has 1 heterocycles. The highest BCUT2D eigenvalue weighted by molar-refractivity contribution is 8.01. The van der Waals surface area contributed by atoms with Gasteiger partial charge in [-0.15, -0.1) is 0 Å². The molecule has 0 N–H and O–H groups in total. The molecule has 1 saturated heterocycles. The summed E-state index contributed by atoms with van der Waals surface area (Å²) in [7, 11) is -3.42. The highest BCUT2D eigenvalue weighted by Crippen LogP contribution is 2.30. The van der Waals surface area contributed by atoms with Crippen molar-refractivity contribution >= 4 is 27.3 Å². The minimum absolute atomic E-state index is 0.114. The van der Waals surface area contributed by atoms with E-state index < -0.39 is 32.4 Å². The van der Waals surface area contributed by atoms with Crippen LogP contribution in [0.3, 0.4) is 0 Å². The molecule has 1 aliphatic rings. The Kier molecular flexibility index (Phi) is 4.20. The summed E-state index contributed by atoms with van der Waals surface area (Å²) < 4.78 is 51.2. The molecule has 0 radical (unpaired) electrons. The van der Waals surface area contributed by atoms with Gasteiger partial charge in [-0.2, -0.15) is 17.0 Å². The third-order valence-electron chi connectivity index (χ3n) is 3.07. The molecule has 0 aliphatic carbocycles. The minimum Gasteiger partial charge on any atom is -0.351 e. The monoisotopic (exact) mass is 318 g/mol. The lowest BCUT2D eigenvalue weighted by atomic mass is 10.2. The van der Waals surface area contributed by atoms with E-state index in [1.54, 1.807) is 6.07 Å². The lowest BCUT2D eigenvalue weighted by Gasteiger charge is -2.36. The summed E-state index contributed by atoms with van der Waals surface area (Å²) in [5, 5.41) is 7.77. The van der Waals surface area contributed by atoms with Gasteiger partial charge in [0.25, 0.3) is 0 Å². The summed E-state index contributed by atoms with van der Waals surface area (Å²) in [4.78, 5) is 1.35. The second-order valence-corrected chi connectivity index (χ2v) is 7.78. The quantitative estimate of drug-likeness (QED) is 0.831. The van der Waals surface area contributed by atoms with Gasteiger partial charge in [0.1, 0.15) is 11.4 Å². The third kappa shape index (κ3) is 2.74. The van der Waals surface area contributed by atoms with Crippen LogP contribution in [-0.2, 0) is 9.84 Å². The van der Waals surface area contributed by atoms with Crippen molar-refractivity contribution in [3.63, 3.8) is 0 Å². The molecule has 0 saturated carbocycles. The number of nitrogens with zero attached hydrogens (tertiary/aromatic N) is 2. The Morgan fingerprint density at radius 2 is 2.10 bits per heavy atom. The van der Waals surface area contributed by atoms with E-state index in [9.17, 15) is 17.2 Å². The van der Waals surface area contributed by atoms with E-state index in [0.29, 0.717) is 18.1 Å². The van der Waals surface area contributed by atoms with Gasteiger partial charge >= 0.3 is 0 Å². The third-order valence-corrected chi connectivity index (χ3v) is 5.71. The summed E-state index contributed by atoms with van der Waals surface area (Å²) in [5.41, 5.74) is -0.509. The molecule has 0 aromatic heterocycles. The van der Waals surface area contributed by atoms with E-state index in [-0.39, 0.29) is 5.69 Å². The number of rotatable bonds is 2. The summed E-state index contributed by atoms with van der Waals surface area (Å²) >= 11 is 1.46. The first kappa shape index (κ1) is 15.1. The number of sulfone groups is 1. The van der Waals surface area contributed by atoms with Gasteiger partial charge in [-0.3, -0.25) is 0 Å². The first-order valence-corrected chi connectivity index (χ1v) is 8.88.